The van der Waals surface area contributed by atoms with E-state index in [0.717, 1.165) is 40.4 Å². The summed E-state index contributed by atoms with van der Waals surface area (Å²) >= 11 is 7.85. The Kier molecular flexibility index (Phi) is 10.4. The van der Waals surface area contributed by atoms with E-state index in [4.69, 9.17) is 27.1 Å². The Morgan fingerprint density at radius 3 is 2.51 bits per heavy atom. The Labute approximate surface area is 228 Å². The Hall–Kier alpha value is -3.45. The minimum Gasteiger partial charge on any atom is -0.400 e. The fraction of sp³-hybridized carbons (Fsp3) is 0.200. The second-order valence-corrected chi connectivity index (χ2v) is 9.75. The van der Waals surface area contributed by atoms with Crippen molar-refractivity contribution in [2.45, 2.75) is 26.8 Å². The predicted octanol–water partition coefficient (Wildman–Crippen LogP) is 7.63. The second kappa shape index (κ2) is 13.7. The number of aromatic nitrogens is 1. The standard InChI is InChI=1S/C29H29ClN4S.CH4O/c1-20-8-13-27(16-21(20)2)34(29-33-28(19-35-29)25-6-4-7-26(30)17-25)18-23-9-11-24(12-10-23)22(3)32-15-5-14-31;1-2/h4,6-14,16-17,19,31-32H,3,5,15,18H2,1-2H3;2H,1H3. The lowest BCUT2D eigenvalue weighted by Gasteiger charge is -2.23. The first kappa shape index (κ1) is 28.1. The number of nitrogens with zero attached hydrogens (tertiary/aromatic N) is 2. The van der Waals surface area contributed by atoms with Gasteiger partial charge in [0.1, 0.15) is 0 Å². The minimum absolute atomic E-state index is 0.688. The molecule has 3 aromatic carbocycles. The number of aryl methyl sites for hydroxylation is 2. The molecule has 5 nitrogen and oxygen atoms in total. The summed E-state index contributed by atoms with van der Waals surface area (Å²) < 4.78 is 0. The fourth-order valence-corrected chi connectivity index (χ4v) is 4.77. The summed E-state index contributed by atoms with van der Waals surface area (Å²) in [5.74, 6) is 0. The van der Waals surface area contributed by atoms with E-state index in [1.165, 1.54) is 22.9 Å². The molecule has 192 valence electrons. The van der Waals surface area contributed by atoms with Gasteiger partial charge in [0.15, 0.2) is 5.13 Å². The number of hydrogen-bond acceptors (Lipinski definition) is 6. The first-order valence-electron chi connectivity index (χ1n) is 12.0. The van der Waals surface area contributed by atoms with Crippen LogP contribution in [0.25, 0.3) is 17.0 Å². The molecule has 0 aliphatic rings. The average Bonchev–Trinajstić information content (AvgIpc) is 3.41. The third-order valence-corrected chi connectivity index (χ3v) is 7.01. The number of thiazole rings is 1. The van der Waals surface area contributed by atoms with Crippen molar-refractivity contribution in [3.63, 3.8) is 0 Å². The molecule has 0 aliphatic carbocycles. The van der Waals surface area contributed by atoms with Gasteiger partial charge in [-0.2, -0.15) is 0 Å². The normalized spacial score (nSPS) is 10.3. The summed E-state index contributed by atoms with van der Waals surface area (Å²) in [6.45, 7) is 9.80. The lowest BCUT2D eigenvalue weighted by atomic mass is 10.1. The van der Waals surface area contributed by atoms with Crippen molar-refractivity contribution in [3.8, 4) is 11.3 Å². The van der Waals surface area contributed by atoms with Gasteiger partial charge in [0.25, 0.3) is 0 Å². The van der Waals surface area contributed by atoms with Crippen molar-refractivity contribution in [1.29, 1.82) is 5.41 Å². The summed E-state index contributed by atoms with van der Waals surface area (Å²) in [5, 5.41) is 21.2. The highest BCUT2D eigenvalue weighted by molar-refractivity contribution is 7.14. The Morgan fingerprint density at radius 2 is 1.84 bits per heavy atom. The summed E-state index contributed by atoms with van der Waals surface area (Å²) in [6, 6.07) is 22.8. The third-order valence-electron chi connectivity index (χ3n) is 5.92. The molecule has 4 aromatic rings. The van der Waals surface area contributed by atoms with E-state index in [1.54, 1.807) is 11.3 Å². The van der Waals surface area contributed by atoms with E-state index in [9.17, 15) is 0 Å². The molecule has 0 unspecified atom stereocenters. The summed E-state index contributed by atoms with van der Waals surface area (Å²) in [6.07, 6.45) is 2.09. The molecule has 1 heterocycles. The van der Waals surface area contributed by atoms with Crippen LogP contribution in [0.1, 0.15) is 28.7 Å². The number of halogens is 1. The Bertz CT molecular complexity index is 1330. The summed E-state index contributed by atoms with van der Waals surface area (Å²) in [7, 11) is 1.00. The molecule has 0 radical (unpaired) electrons. The molecule has 0 saturated heterocycles. The SMILES string of the molecule is C=C(NCCC=N)c1ccc(CN(c2ccc(C)c(C)c2)c2nc(-c3cccc(Cl)c3)cs2)cc1.CO. The van der Waals surface area contributed by atoms with Crippen LogP contribution < -0.4 is 10.2 Å². The number of hydrogen-bond donors (Lipinski definition) is 3. The molecule has 37 heavy (non-hydrogen) atoms. The highest BCUT2D eigenvalue weighted by atomic mass is 35.5. The van der Waals surface area contributed by atoms with Crippen LogP contribution in [0.5, 0.6) is 0 Å². The number of aliphatic hydroxyl groups excluding tert-OH is 1. The van der Waals surface area contributed by atoms with Crippen molar-refractivity contribution in [1.82, 2.24) is 10.3 Å². The van der Waals surface area contributed by atoms with E-state index in [1.807, 2.05) is 24.3 Å². The molecule has 4 rings (SSSR count). The maximum atomic E-state index is 7.16. The molecule has 1 aromatic heterocycles. The van der Waals surface area contributed by atoms with Crippen LogP contribution >= 0.6 is 22.9 Å². The average molecular weight is 533 g/mol. The highest BCUT2D eigenvalue weighted by Crippen LogP contribution is 2.35. The largest absolute Gasteiger partial charge is 0.400 e. The van der Waals surface area contributed by atoms with Gasteiger partial charge in [-0.3, -0.25) is 0 Å². The number of nitrogens with one attached hydrogen (secondary N) is 2. The smallest absolute Gasteiger partial charge is 0.190 e. The zero-order valence-corrected chi connectivity index (χ0v) is 23.0. The van der Waals surface area contributed by atoms with Crippen LogP contribution in [0, 0.1) is 19.3 Å². The topological polar surface area (TPSA) is 72.2 Å². The van der Waals surface area contributed by atoms with Gasteiger partial charge in [-0.05, 0) is 73.0 Å². The lowest BCUT2D eigenvalue weighted by molar-refractivity contribution is 0.399. The van der Waals surface area contributed by atoms with Crippen molar-refractivity contribution < 1.29 is 5.11 Å². The number of aliphatic hydroxyl groups is 1. The van der Waals surface area contributed by atoms with Crippen molar-refractivity contribution >= 4 is 45.7 Å². The van der Waals surface area contributed by atoms with Gasteiger partial charge in [-0.15, -0.1) is 11.3 Å². The van der Waals surface area contributed by atoms with Gasteiger partial charge in [-0.25, -0.2) is 4.98 Å². The quantitative estimate of drug-likeness (QED) is 0.145. The molecular formula is C30H33ClN4OS. The van der Waals surface area contributed by atoms with E-state index in [2.05, 4.69) is 78.5 Å². The third kappa shape index (κ3) is 7.52. The highest BCUT2D eigenvalue weighted by Gasteiger charge is 2.16. The molecule has 0 bridgehead atoms. The minimum atomic E-state index is 0.688. The van der Waals surface area contributed by atoms with Crippen LogP contribution in [0.15, 0.2) is 78.7 Å². The Morgan fingerprint density at radius 1 is 1.08 bits per heavy atom. The zero-order chi connectivity index (χ0) is 26.8. The van der Waals surface area contributed by atoms with Crippen LogP contribution in [0.3, 0.4) is 0 Å². The van der Waals surface area contributed by atoms with E-state index in [-0.39, 0.29) is 0 Å². The molecule has 0 aliphatic heterocycles. The van der Waals surface area contributed by atoms with Crippen molar-refractivity contribution in [3.05, 3.63) is 106 Å². The molecule has 3 N–H and O–H groups in total. The van der Waals surface area contributed by atoms with Gasteiger partial charge >= 0.3 is 0 Å². The van der Waals surface area contributed by atoms with Crippen LogP contribution in [-0.4, -0.2) is 30.0 Å². The van der Waals surface area contributed by atoms with Gasteiger partial charge < -0.3 is 20.7 Å². The molecule has 0 atom stereocenters. The van der Waals surface area contributed by atoms with Crippen molar-refractivity contribution in [2.75, 3.05) is 18.6 Å². The van der Waals surface area contributed by atoms with E-state index < -0.39 is 0 Å². The number of rotatable bonds is 10. The second-order valence-electron chi connectivity index (χ2n) is 8.48. The van der Waals surface area contributed by atoms with Gasteiger partial charge in [0.2, 0.25) is 0 Å². The predicted molar refractivity (Wildman–Crippen MR) is 159 cm³/mol. The fourth-order valence-electron chi connectivity index (χ4n) is 3.72. The monoisotopic (exact) mass is 532 g/mol. The zero-order valence-electron chi connectivity index (χ0n) is 21.5. The van der Waals surface area contributed by atoms with E-state index in [0.29, 0.717) is 24.5 Å². The van der Waals surface area contributed by atoms with E-state index >= 15 is 0 Å². The molecule has 0 amide bonds. The van der Waals surface area contributed by atoms with Crippen LogP contribution in [0.2, 0.25) is 5.02 Å². The maximum absolute atomic E-state index is 7.16. The summed E-state index contributed by atoms with van der Waals surface area (Å²) in [5.41, 5.74) is 8.67. The summed E-state index contributed by atoms with van der Waals surface area (Å²) in [4.78, 5) is 7.24. The number of anilines is 2. The molecule has 7 heteroatoms. The maximum Gasteiger partial charge on any atom is 0.190 e. The first-order chi connectivity index (χ1) is 17.9. The van der Waals surface area contributed by atoms with Gasteiger partial charge in [0, 0.05) is 41.0 Å². The van der Waals surface area contributed by atoms with Gasteiger partial charge in [-0.1, -0.05) is 60.6 Å². The molecule has 0 fully saturated rings. The molecular weight excluding hydrogens is 500 g/mol. The molecule has 0 spiro atoms. The van der Waals surface area contributed by atoms with Gasteiger partial charge in [0.05, 0.1) is 12.2 Å². The van der Waals surface area contributed by atoms with Crippen LogP contribution in [-0.2, 0) is 6.54 Å². The Balaban J connectivity index is 0.00000186. The molecule has 0 saturated carbocycles. The van der Waals surface area contributed by atoms with Crippen molar-refractivity contribution in [2.24, 2.45) is 0 Å². The number of benzene rings is 3. The lowest BCUT2D eigenvalue weighted by Crippen LogP contribution is -2.17. The van der Waals surface area contributed by atoms with Crippen LogP contribution in [0.4, 0.5) is 10.8 Å². The first-order valence-corrected chi connectivity index (χ1v) is 13.2.